The van der Waals surface area contributed by atoms with Gasteiger partial charge in [0, 0.05) is 16.7 Å². The van der Waals surface area contributed by atoms with Gasteiger partial charge in [0.15, 0.2) is 5.69 Å². The number of nitrogens with zero attached hydrogens (tertiary/aromatic N) is 4. The van der Waals surface area contributed by atoms with E-state index < -0.39 is 18.2 Å². The van der Waals surface area contributed by atoms with Crippen LogP contribution in [0.2, 0.25) is 0 Å². The zero-order valence-electron chi connectivity index (χ0n) is 9.13. The second-order valence-corrected chi connectivity index (χ2v) is 3.44. The number of aliphatic hydroxyl groups is 2. The molecule has 5 N–H and O–H groups in total. The maximum Gasteiger partial charge on any atom is 0.356 e. The molecule has 0 aliphatic carbocycles. The Balaban J connectivity index is 2.93. The number of pyridine rings is 1. The van der Waals surface area contributed by atoms with E-state index in [-0.39, 0.29) is 23.5 Å². The van der Waals surface area contributed by atoms with E-state index in [4.69, 9.17) is 16.4 Å². The maximum atomic E-state index is 10.7. The maximum absolute atomic E-state index is 10.7. The van der Waals surface area contributed by atoms with Gasteiger partial charge in [-0.3, -0.25) is 0 Å². The molecule has 1 aromatic rings. The summed E-state index contributed by atoms with van der Waals surface area (Å²) >= 11 is 0. The predicted octanol–water partition coefficient (Wildman–Crippen LogP) is 0.0666. The fraction of sp³-hybridized carbons (Fsp3) is 0.333. The van der Waals surface area contributed by atoms with Gasteiger partial charge in [0.1, 0.15) is 6.10 Å². The van der Waals surface area contributed by atoms with Crippen molar-refractivity contribution in [2.24, 2.45) is 5.11 Å². The first-order valence-electron chi connectivity index (χ1n) is 4.83. The standard InChI is InChI=1S/C9H11N5O4/c10-5-1-4(2-12-7(5)9(17)18)8(16)6(15)3-13-14-11/h1-2,6,8,15-16H,3,10H2,(H,17,18). The van der Waals surface area contributed by atoms with Crippen molar-refractivity contribution in [3.63, 3.8) is 0 Å². The van der Waals surface area contributed by atoms with Gasteiger partial charge in [-0.25, -0.2) is 9.78 Å². The molecule has 0 radical (unpaired) electrons. The molecule has 0 aliphatic rings. The number of nitrogen functional groups attached to an aromatic ring is 1. The van der Waals surface area contributed by atoms with Gasteiger partial charge in [-0.2, -0.15) is 0 Å². The minimum absolute atomic E-state index is 0.130. The first kappa shape index (κ1) is 13.7. The lowest BCUT2D eigenvalue weighted by atomic mass is 10.1. The van der Waals surface area contributed by atoms with Crippen LogP contribution in [-0.2, 0) is 0 Å². The molecule has 1 aromatic heterocycles. The third kappa shape index (κ3) is 3.08. The number of anilines is 1. The summed E-state index contributed by atoms with van der Waals surface area (Å²) in [6, 6.07) is 1.19. The lowest BCUT2D eigenvalue weighted by Gasteiger charge is -2.16. The van der Waals surface area contributed by atoms with E-state index in [1.54, 1.807) is 0 Å². The fourth-order valence-electron chi connectivity index (χ4n) is 1.28. The second kappa shape index (κ2) is 5.82. The lowest BCUT2D eigenvalue weighted by molar-refractivity contribution is 0.0242. The van der Waals surface area contributed by atoms with E-state index in [0.29, 0.717) is 0 Å². The van der Waals surface area contributed by atoms with Gasteiger partial charge in [0.2, 0.25) is 0 Å². The molecule has 1 heterocycles. The number of hydrogen-bond donors (Lipinski definition) is 4. The molecule has 96 valence electrons. The van der Waals surface area contributed by atoms with Crippen molar-refractivity contribution in [1.82, 2.24) is 4.98 Å². The average Bonchev–Trinajstić information content (AvgIpc) is 2.34. The summed E-state index contributed by atoms with van der Waals surface area (Å²) < 4.78 is 0. The van der Waals surface area contributed by atoms with Crippen LogP contribution in [0.3, 0.4) is 0 Å². The molecule has 2 unspecified atom stereocenters. The summed E-state index contributed by atoms with van der Waals surface area (Å²) in [5.41, 5.74) is 13.2. The number of aromatic nitrogens is 1. The summed E-state index contributed by atoms with van der Waals surface area (Å²) in [6.45, 7) is -0.321. The number of rotatable bonds is 5. The topological polar surface area (TPSA) is 165 Å². The molecule has 0 aromatic carbocycles. The number of carboxylic acids is 1. The second-order valence-electron chi connectivity index (χ2n) is 3.44. The zero-order valence-corrected chi connectivity index (χ0v) is 9.13. The monoisotopic (exact) mass is 253 g/mol. The Morgan fingerprint density at radius 3 is 2.78 bits per heavy atom. The van der Waals surface area contributed by atoms with Gasteiger partial charge >= 0.3 is 5.97 Å². The van der Waals surface area contributed by atoms with Gasteiger partial charge in [0.25, 0.3) is 0 Å². The third-order valence-electron chi connectivity index (χ3n) is 2.18. The molecular weight excluding hydrogens is 242 g/mol. The van der Waals surface area contributed by atoms with Crippen molar-refractivity contribution >= 4 is 11.7 Å². The highest BCUT2D eigenvalue weighted by molar-refractivity contribution is 5.91. The highest BCUT2D eigenvalue weighted by atomic mass is 16.4. The van der Waals surface area contributed by atoms with E-state index in [0.717, 1.165) is 6.20 Å². The molecule has 1 rings (SSSR count). The van der Waals surface area contributed by atoms with Crippen LogP contribution in [0.4, 0.5) is 5.69 Å². The summed E-state index contributed by atoms with van der Waals surface area (Å²) in [5.74, 6) is -1.29. The number of carboxylic acid groups (broad SMARTS) is 1. The fourth-order valence-corrected chi connectivity index (χ4v) is 1.28. The number of aliphatic hydroxyl groups excluding tert-OH is 2. The number of hydrogen-bond acceptors (Lipinski definition) is 6. The van der Waals surface area contributed by atoms with Crippen molar-refractivity contribution < 1.29 is 20.1 Å². The summed E-state index contributed by atoms with van der Waals surface area (Å²) in [7, 11) is 0. The molecule has 9 heteroatoms. The first-order chi connectivity index (χ1) is 8.47. The quantitative estimate of drug-likeness (QED) is 0.329. The Bertz CT molecular complexity index is 500. The molecule has 0 bridgehead atoms. The number of azide groups is 1. The van der Waals surface area contributed by atoms with E-state index in [2.05, 4.69) is 15.0 Å². The predicted molar refractivity (Wildman–Crippen MR) is 60.6 cm³/mol. The van der Waals surface area contributed by atoms with Crippen molar-refractivity contribution in [3.05, 3.63) is 34.0 Å². The SMILES string of the molecule is [N-]=[N+]=NCC(O)C(O)c1cnc(C(=O)O)c(N)c1. The highest BCUT2D eigenvalue weighted by Gasteiger charge is 2.20. The van der Waals surface area contributed by atoms with Crippen LogP contribution < -0.4 is 5.73 Å². The van der Waals surface area contributed by atoms with Crippen molar-refractivity contribution in [3.8, 4) is 0 Å². The molecule has 0 amide bonds. The van der Waals surface area contributed by atoms with Crippen LogP contribution in [0, 0.1) is 0 Å². The highest BCUT2D eigenvalue weighted by Crippen LogP contribution is 2.20. The minimum atomic E-state index is -1.37. The molecule has 0 spiro atoms. The van der Waals surface area contributed by atoms with Crippen molar-refractivity contribution in [2.75, 3.05) is 12.3 Å². The van der Waals surface area contributed by atoms with E-state index >= 15 is 0 Å². The third-order valence-corrected chi connectivity index (χ3v) is 2.18. The zero-order chi connectivity index (χ0) is 13.7. The van der Waals surface area contributed by atoms with E-state index in [1.807, 2.05) is 0 Å². The van der Waals surface area contributed by atoms with Crippen LogP contribution in [0.25, 0.3) is 10.4 Å². The molecule has 2 atom stereocenters. The number of nitrogens with two attached hydrogens (primary N) is 1. The summed E-state index contributed by atoms with van der Waals surface area (Å²) in [5, 5.41) is 31.0. The molecule has 9 nitrogen and oxygen atoms in total. The van der Waals surface area contributed by atoms with Crippen LogP contribution >= 0.6 is 0 Å². The molecule has 18 heavy (non-hydrogen) atoms. The van der Waals surface area contributed by atoms with Crippen LogP contribution in [0.15, 0.2) is 17.4 Å². The smallest absolute Gasteiger partial charge is 0.356 e. The summed E-state index contributed by atoms with van der Waals surface area (Å²) in [4.78, 5) is 16.7. The van der Waals surface area contributed by atoms with E-state index in [1.165, 1.54) is 6.07 Å². The summed E-state index contributed by atoms with van der Waals surface area (Å²) in [6.07, 6.45) is -1.60. The normalized spacial score (nSPS) is 13.4. The van der Waals surface area contributed by atoms with Crippen LogP contribution in [0.5, 0.6) is 0 Å². The number of carbonyl (C=O) groups is 1. The van der Waals surface area contributed by atoms with Gasteiger partial charge in [-0.15, -0.1) is 0 Å². The van der Waals surface area contributed by atoms with Gasteiger partial charge in [-0.05, 0) is 11.6 Å². The average molecular weight is 253 g/mol. The Morgan fingerprint density at radius 2 is 2.28 bits per heavy atom. The van der Waals surface area contributed by atoms with E-state index in [9.17, 15) is 15.0 Å². The van der Waals surface area contributed by atoms with Crippen molar-refractivity contribution in [2.45, 2.75) is 12.2 Å². The van der Waals surface area contributed by atoms with Gasteiger partial charge in [0.05, 0.1) is 18.3 Å². The van der Waals surface area contributed by atoms with Crippen LogP contribution in [-0.4, -0.2) is 38.9 Å². The molecule has 0 saturated carbocycles. The van der Waals surface area contributed by atoms with Gasteiger partial charge in [-0.1, -0.05) is 5.11 Å². The Labute approximate surface area is 101 Å². The Kier molecular flexibility index (Phi) is 4.44. The minimum Gasteiger partial charge on any atom is -0.476 e. The first-order valence-corrected chi connectivity index (χ1v) is 4.83. The number of aromatic carboxylic acids is 1. The largest absolute Gasteiger partial charge is 0.476 e. The van der Waals surface area contributed by atoms with Crippen molar-refractivity contribution in [1.29, 1.82) is 0 Å². The Hall–Kier alpha value is -2.35. The molecule has 0 fully saturated rings. The van der Waals surface area contributed by atoms with Gasteiger partial charge < -0.3 is 21.1 Å². The van der Waals surface area contributed by atoms with Crippen LogP contribution in [0.1, 0.15) is 22.2 Å². The molecular formula is C9H11N5O4. The Morgan fingerprint density at radius 1 is 1.61 bits per heavy atom. The molecule has 0 aliphatic heterocycles. The lowest BCUT2D eigenvalue weighted by Crippen LogP contribution is -2.21. The molecule has 0 saturated heterocycles.